The number of ether oxygens (including phenoxy) is 1. The van der Waals surface area contributed by atoms with Gasteiger partial charge < -0.3 is 14.5 Å². The minimum Gasteiger partial charge on any atom is -0.466 e. The van der Waals surface area contributed by atoms with E-state index in [0.717, 1.165) is 24.1 Å². The lowest BCUT2D eigenvalue weighted by Crippen LogP contribution is -2.42. The highest BCUT2D eigenvalue weighted by molar-refractivity contribution is 5.92. The summed E-state index contributed by atoms with van der Waals surface area (Å²) in [5.41, 5.74) is 2.10. The van der Waals surface area contributed by atoms with Gasteiger partial charge in [-0.15, -0.1) is 0 Å². The molecule has 1 atom stereocenters. The van der Waals surface area contributed by atoms with Crippen molar-refractivity contribution >= 4 is 23.6 Å². The Morgan fingerprint density at radius 1 is 1.29 bits per heavy atom. The predicted octanol–water partition coefficient (Wildman–Crippen LogP) is 2.57. The molecule has 0 spiro atoms. The maximum absolute atomic E-state index is 12.4. The van der Waals surface area contributed by atoms with Crippen LogP contribution >= 0.6 is 0 Å². The largest absolute Gasteiger partial charge is 0.466 e. The summed E-state index contributed by atoms with van der Waals surface area (Å²) in [7, 11) is 3.98. The Morgan fingerprint density at radius 2 is 2.00 bits per heavy atom. The topological polar surface area (TPSA) is 49.9 Å². The Morgan fingerprint density at radius 3 is 2.62 bits per heavy atom. The van der Waals surface area contributed by atoms with Crippen molar-refractivity contribution in [3.05, 3.63) is 35.9 Å². The lowest BCUT2D eigenvalue weighted by molar-refractivity contribution is -0.150. The van der Waals surface area contributed by atoms with E-state index < -0.39 is 0 Å². The maximum Gasteiger partial charge on any atom is 0.310 e. The fourth-order valence-electron chi connectivity index (χ4n) is 2.79. The minimum atomic E-state index is -0.199. The van der Waals surface area contributed by atoms with E-state index in [9.17, 15) is 9.59 Å². The number of nitrogens with zero attached hydrogens (tertiary/aromatic N) is 2. The highest BCUT2D eigenvalue weighted by atomic mass is 16.5. The first-order valence-corrected chi connectivity index (χ1v) is 8.42. The van der Waals surface area contributed by atoms with E-state index in [0.29, 0.717) is 19.7 Å². The molecule has 1 heterocycles. The van der Waals surface area contributed by atoms with E-state index in [-0.39, 0.29) is 17.8 Å². The normalized spacial score (nSPS) is 17.8. The number of benzene rings is 1. The van der Waals surface area contributed by atoms with Crippen LogP contribution in [0.25, 0.3) is 6.08 Å². The molecule has 1 saturated heterocycles. The molecule has 1 aliphatic rings. The average Bonchev–Trinajstić information content (AvgIpc) is 2.60. The quantitative estimate of drug-likeness (QED) is 0.615. The van der Waals surface area contributed by atoms with E-state index >= 15 is 0 Å². The molecular weight excluding hydrogens is 304 g/mol. The molecule has 1 aromatic rings. The van der Waals surface area contributed by atoms with Gasteiger partial charge in [0.25, 0.3) is 0 Å². The molecule has 0 N–H and O–H groups in total. The highest BCUT2D eigenvalue weighted by Crippen LogP contribution is 2.19. The van der Waals surface area contributed by atoms with Gasteiger partial charge in [-0.05, 0) is 43.5 Å². The van der Waals surface area contributed by atoms with Crippen LogP contribution in [0.3, 0.4) is 0 Å². The smallest absolute Gasteiger partial charge is 0.310 e. The summed E-state index contributed by atoms with van der Waals surface area (Å²) in [5, 5.41) is 0. The SMILES string of the molecule is CCOC(=O)C1CCCN(C(=O)C=Cc2ccc(N(C)C)cc2)C1. The highest BCUT2D eigenvalue weighted by Gasteiger charge is 2.28. The molecule has 5 nitrogen and oxygen atoms in total. The van der Waals surface area contributed by atoms with Crippen LogP contribution in [0.1, 0.15) is 25.3 Å². The monoisotopic (exact) mass is 330 g/mol. The number of hydrogen-bond donors (Lipinski definition) is 0. The summed E-state index contributed by atoms with van der Waals surface area (Å²) in [6.45, 7) is 3.32. The number of esters is 1. The van der Waals surface area contributed by atoms with Crippen LogP contribution in [0.15, 0.2) is 30.3 Å². The van der Waals surface area contributed by atoms with Crippen molar-refractivity contribution in [2.24, 2.45) is 5.92 Å². The maximum atomic E-state index is 12.4. The van der Waals surface area contributed by atoms with Gasteiger partial charge in [-0.2, -0.15) is 0 Å². The third kappa shape index (κ3) is 4.85. The van der Waals surface area contributed by atoms with E-state index in [2.05, 4.69) is 0 Å². The molecule has 24 heavy (non-hydrogen) atoms. The minimum absolute atomic E-state index is 0.0549. The Bertz CT molecular complexity index is 593. The summed E-state index contributed by atoms with van der Waals surface area (Å²) in [5.74, 6) is -0.450. The number of amides is 1. The number of carbonyl (C=O) groups is 2. The molecule has 1 fully saturated rings. The van der Waals surface area contributed by atoms with Gasteiger partial charge in [0.1, 0.15) is 0 Å². The number of anilines is 1. The average molecular weight is 330 g/mol. The van der Waals surface area contributed by atoms with E-state index in [1.54, 1.807) is 17.9 Å². The van der Waals surface area contributed by atoms with Crippen molar-refractivity contribution in [1.82, 2.24) is 4.90 Å². The van der Waals surface area contributed by atoms with Gasteiger partial charge in [0.15, 0.2) is 0 Å². The molecule has 0 radical (unpaired) electrons. The summed E-state index contributed by atoms with van der Waals surface area (Å²) in [6, 6.07) is 8.00. The lowest BCUT2D eigenvalue weighted by Gasteiger charge is -2.30. The molecule has 2 rings (SSSR count). The summed E-state index contributed by atoms with van der Waals surface area (Å²) in [4.78, 5) is 28.0. The van der Waals surface area contributed by atoms with Crippen LogP contribution < -0.4 is 4.90 Å². The molecule has 1 aromatic carbocycles. The molecular formula is C19H26N2O3. The molecule has 1 aliphatic heterocycles. The molecule has 0 aliphatic carbocycles. The van der Waals surface area contributed by atoms with Crippen molar-refractivity contribution in [2.45, 2.75) is 19.8 Å². The molecule has 0 aromatic heterocycles. The van der Waals surface area contributed by atoms with Crippen molar-refractivity contribution in [3.8, 4) is 0 Å². The number of rotatable bonds is 5. The number of likely N-dealkylation sites (tertiary alicyclic amines) is 1. The van der Waals surface area contributed by atoms with Crippen LogP contribution in [-0.4, -0.2) is 50.6 Å². The van der Waals surface area contributed by atoms with Crippen LogP contribution in [0.2, 0.25) is 0 Å². The second kappa shape index (κ2) is 8.52. The Hall–Kier alpha value is -2.30. The molecule has 0 bridgehead atoms. The second-order valence-electron chi connectivity index (χ2n) is 6.19. The van der Waals surface area contributed by atoms with Crippen LogP contribution in [0.5, 0.6) is 0 Å². The second-order valence-corrected chi connectivity index (χ2v) is 6.19. The van der Waals surface area contributed by atoms with Crippen LogP contribution in [0.4, 0.5) is 5.69 Å². The first kappa shape index (κ1) is 18.0. The van der Waals surface area contributed by atoms with Crippen molar-refractivity contribution in [2.75, 3.05) is 38.7 Å². The third-order valence-corrected chi connectivity index (χ3v) is 4.18. The zero-order chi connectivity index (χ0) is 17.5. The molecule has 5 heteroatoms. The van der Waals surface area contributed by atoms with Gasteiger partial charge in [-0.25, -0.2) is 0 Å². The van der Waals surface area contributed by atoms with Gasteiger partial charge in [-0.3, -0.25) is 9.59 Å². The van der Waals surface area contributed by atoms with Crippen molar-refractivity contribution in [3.63, 3.8) is 0 Å². The van der Waals surface area contributed by atoms with Gasteiger partial charge in [0.2, 0.25) is 5.91 Å². The van der Waals surface area contributed by atoms with E-state index in [1.165, 1.54) is 0 Å². The Balaban J connectivity index is 1.94. The van der Waals surface area contributed by atoms with Crippen molar-refractivity contribution in [1.29, 1.82) is 0 Å². The molecule has 1 unspecified atom stereocenters. The summed E-state index contributed by atoms with van der Waals surface area (Å²) >= 11 is 0. The third-order valence-electron chi connectivity index (χ3n) is 4.18. The molecule has 0 saturated carbocycles. The lowest BCUT2D eigenvalue weighted by atomic mass is 9.98. The number of piperidine rings is 1. The number of hydrogen-bond acceptors (Lipinski definition) is 4. The van der Waals surface area contributed by atoms with Crippen molar-refractivity contribution < 1.29 is 14.3 Å². The fraction of sp³-hybridized carbons (Fsp3) is 0.474. The predicted molar refractivity (Wildman–Crippen MR) is 95.7 cm³/mol. The Labute approximate surface area is 143 Å². The molecule has 1 amide bonds. The fourth-order valence-corrected chi connectivity index (χ4v) is 2.79. The summed E-state index contributed by atoms with van der Waals surface area (Å²) < 4.78 is 5.07. The number of carbonyl (C=O) groups excluding carboxylic acids is 2. The first-order chi connectivity index (χ1) is 11.5. The zero-order valence-electron chi connectivity index (χ0n) is 14.7. The van der Waals surface area contributed by atoms with E-state index in [4.69, 9.17) is 4.74 Å². The standard InChI is InChI=1S/C19H26N2O3/c1-4-24-19(23)16-6-5-13-21(14-16)18(22)12-9-15-7-10-17(11-8-15)20(2)3/h7-12,16H,4-6,13-14H2,1-3H3. The van der Waals surface area contributed by atoms with Crippen LogP contribution in [0, 0.1) is 5.92 Å². The van der Waals surface area contributed by atoms with Gasteiger partial charge >= 0.3 is 5.97 Å². The van der Waals surface area contributed by atoms with Gasteiger partial charge in [0, 0.05) is 38.9 Å². The van der Waals surface area contributed by atoms with Gasteiger partial charge in [-0.1, -0.05) is 12.1 Å². The summed E-state index contributed by atoms with van der Waals surface area (Å²) in [6.07, 6.45) is 5.02. The molecule has 130 valence electrons. The van der Waals surface area contributed by atoms with E-state index in [1.807, 2.05) is 49.3 Å². The van der Waals surface area contributed by atoms with Gasteiger partial charge in [0.05, 0.1) is 12.5 Å². The Kier molecular flexibility index (Phi) is 6.41. The first-order valence-electron chi connectivity index (χ1n) is 8.42. The van der Waals surface area contributed by atoms with Crippen LogP contribution in [-0.2, 0) is 14.3 Å². The zero-order valence-corrected chi connectivity index (χ0v) is 14.7.